The van der Waals surface area contributed by atoms with Crippen molar-refractivity contribution >= 4 is 31.9 Å². The molecule has 11 heavy (non-hydrogen) atoms. The van der Waals surface area contributed by atoms with Crippen molar-refractivity contribution in [1.82, 2.24) is 4.98 Å². The van der Waals surface area contributed by atoms with Crippen molar-refractivity contribution in [3.8, 4) is 0 Å². The summed E-state index contributed by atoms with van der Waals surface area (Å²) in [7, 11) is 0. The Kier molecular flexibility index (Phi) is 3.01. The van der Waals surface area contributed by atoms with Crippen LogP contribution >= 0.6 is 31.9 Å². The Morgan fingerprint density at radius 2 is 2.18 bits per heavy atom. The summed E-state index contributed by atoms with van der Waals surface area (Å²) in [5.41, 5.74) is 1.21. The van der Waals surface area contributed by atoms with Crippen molar-refractivity contribution < 1.29 is 4.39 Å². The smallest absolute Gasteiger partial charge is 0.144 e. The maximum absolute atomic E-state index is 12.8. The lowest BCUT2D eigenvalue weighted by molar-refractivity contribution is 0.608. The summed E-state index contributed by atoms with van der Waals surface area (Å²) < 4.78 is 12.8. The van der Waals surface area contributed by atoms with E-state index in [-0.39, 0.29) is 9.55 Å². The number of alkyl halides is 2. The highest BCUT2D eigenvalue weighted by atomic mass is 79.9. The van der Waals surface area contributed by atoms with E-state index in [0.29, 0.717) is 5.69 Å². The molecule has 0 fully saturated rings. The molecule has 1 rings (SSSR count). The van der Waals surface area contributed by atoms with Gasteiger partial charge in [-0.05, 0) is 18.6 Å². The van der Waals surface area contributed by atoms with E-state index >= 15 is 0 Å². The number of halogens is 3. The zero-order chi connectivity index (χ0) is 8.43. The highest BCUT2D eigenvalue weighted by Crippen LogP contribution is 2.28. The molecule has 60 valence electrons. The fourth-order valence-electron chi connectivity index (χ4n) is 0.640. The van der Waals surface area contributed by atoms with Crippen LogP contribution in [0.4, 0.5) is 4.39 Å². The van der Waals surface area contributed by atoms with Gasteiger partial charge in [0.1, 0.15) is 5.82 Å². The molecule has 1 heterocycles. The van der Waals surface area contributed by atoms with Gasteiger partial charge in [0.25, 0.3) is 0 Å². The second kappa shape index (κ2) is 3.63. The summed E-state index contributed by atoms with van der Waals surface area (Å²) >= 11 is 6.50. The monoisotopic (exact) mass is 281 g/mol. The van der Waals surface area contributed by atoms with Gasteiger partial charge in [-0.1, -0.05) is 31.9 Å². The van der Waals surface area contributed by atoms with Crippen LogP contribution in [0.1, 0.15) is 15.0 Å². The minimum absolute atomic E-state index is 0.0300. The largest absolute Gasteiger partial charge is 0.258 e. The average Bonchev–Trinajstić information content (AvgIpc) is 1.94. The summed E-state index contributed by atoms with van der Waals surface area (Å²) in [5.74, 6) is -0.272. The van der Waals surface area contributed by atoms with Gasteiger partial charge in [-0.2, -0.15) is 0 Å². The van der Waals surface area contributed by atoms with Crippen LogP contribution in [0.3, 0.4) is 0 Å². The summed E-state index contributed by atoms with van der Waals surface area (Å²) in [6, 6.07) is 1.45. The van der Waals surface area contributed by atoms with Gasteiger partial charge in [0.05, 0.1) is 9.43 Å². The van der Waals surface area contributed by atoms with Gasteiger partial charge in [-0.15, -0.1) is 0 Å². The number of hydrogen-bond acceptors (Lipinski definition) is 1. The molecule has 0 amide bonds. The van der Waals surface area contributed by atoms with Gasteiger partial charge in [-0.3, -0.25) is 4.98 Å². The van der Waals surface area contributed by atoms with Gasteiger partial charge in [0, 0.05) is 6.20 Å². The van der Waals surface area contributed by atoms with Gasteiger partial charge in [0.2, 0.25) is 0 Å². The molecule has 0 N–H and O–H groups in total. The first-order valence-corrected chi connectivity index (χ1v) is 4.84. The quantitative estimate of drug-likeness (QED) is 0.720. The number of aromatic nitrogens is 1. The predicted octanol–water partition coefficient (Wildman–Crippen LogP) is 3.32. The minimum Gasteiger partial charge on any atom is -0.258 e. The third-order valence-corrected chi connectivity index (χ3v) is 2.36. The van der Waals surface area contributed by atoms with E-state index in [2.05, 4.69) is 36.8 Å². The fraction of sp³-hybridized carbons (Fsp3) is 0.286. The van der Waals surface area contributed by atoms with Crippen molar-refractivity contribution in [2.24, 2.45) is 0 Å². The molecule has 0 aromatic carbocycles. The van der Waals surface area contributed by atoms with Crippen LogP contribution in [0.25, 0.3) is 0 Å². The second-order valence-electron chi connectivity index (χ2n) is 2.14. The molecule has 1 nitrogen and oxygen atoms in total. The number of rotatable bonds is 1. The SMILES string of the molecule is Cc1ncc(C(Br)Br)cc1F. The van der Waals surface area contributed by atoms with E-state index in [1.807, 2.05) is 0 Å². The topological polar surface area (TPSA) is 12.9 Å². The zero-order valence-electron chi connectivity index (χ0n) is 5.81. The Labute approximate surface area is 81.3 Å². The molecule has 0 aliphatic rings. The van der Waals surface area contributed by atoms with Crippen molar-refractivity contribution in [1.29, 1.82) is 0 Å². The first-order valence-electron chi connectivity index (χ1n) is 3.01. The third kappa shape index (κ3) is 2.24. The van der Waals surface area contributed by atoms with Crippen LogP contribution < -0.4 is 0 Å². The Bertz CT molecular complexity index is 263. The molecule has 0 unspecified atom stereocenters. The molecule has 0 saturated carbocycles. The summed E-state index contributed by atoms with van der Waals surface area (Å²) in [6.45, 7) is 1.64. The lowest BCUT2D eigenvalue weighted by Gasteiger charge is -2.01. The van der Waals surface area contributed by atoms with Crippen LogP contribution in [-0.4, -0.2) is 4.98 Å². The number of nitrogens with zero attached hydrogens (tertiary/aromatic N) is 1. The average molecular weight is 283 g/mol. The van der Waals surface area contributed by atoms with Gasteiger partial charge in [-0.25, -0.2) is 4.39 Å². The van der Waals surface area contributed by atoms with E-state index in [9.17, 15) is 4.39 Å². The van der Waals surface area contributed by atoms with E-state index in [0.717, 1.165) is 5.56 Å². The fourth-order valence-corrected chi connectivity index (χ4v) is 1.14. The van der Waals surface area contributed by atoms with Gasteiger partial charge in [0.15, 0.2) is 0 Å². The molecule has 4 heteroatoms. The van der Waals surface area contributed by atoms with E-state index in [1.165, 1.54) is 6.07 Å². The molecule has 0 atom stereocenters. The number of pyridine rings is 1. The van der Waals surface area contributed by atoms with Crippen LogP contribution in [0.15, 0.2) is 12.3 Å². The molecule has 1 aromatic rings. The molecule has 1 aromatic heterocycles. The molecule has 0 spiro atoms. The summed E-state index contributed by atoms with van der Waals surface area (Å²) in [6.07, 6.45) is 1.63. The summed E-state index contributed by atoms with van der Waals surface area (Å²) in [5, 5.41) is 0. The Morgan fingerprint density at radius 1 is 1.55 bits per heavy atom. The van der Waals surface area contributed by atoms with Crippen LogP contribution in [0.5, 0.6) is 0 Å². The summed E-state index contributed by atoms with van der Waals surface area (Å²) in [4.78, 5) is 3.86. The third-order valence-electron chi connectivity index (χ3n) is 1.30. The molecular weight excluding hydrogens is 277 g/mol. The van der Waals surface area contributed by atoms with Crippen molar-refractivity contribution in [3.63, 3.8) is 0 Å². The lowest BCUT2D eigenvalue weighted by Crippen LogP contribution is -1.90. The Hall–Kier alpha value is 0.0400. The second-order valence-corrected chi connectivity index (χ2v) is 5.20. The lowest BCUT2D eigenvalue weighted by atomic mass is 10.3. The Morgan fingerprint density at radius 3 is 2.64 bits per heavy atom. The minimum atomic E-state index is -0.272. The van der Waals surface area contributed by atoms with Crippen molar-refractivity contribution in [2.45, 2.75) is 10.7 Å². The molecular formula is C7H6Br2FN. The predicted molar refractivity (Wildman–Crippen MR) is 49.5 cm³/mol. The normalized spacial score (nSPS) is 10.6. The van der Waals surface area contributed by atoms with Crippen molar-refractivity contribution in [2.75, 3.05) is 0 Å². The highest BCUT2D eigenvalue weighted by molar-refractivity contribution is 9.24. The van der Waals surface area contributed by atoms with E-state index in [1.54, 1.807) is 13.1 Å². The van der Waals surface area contributed by atoms with Gasteiger partial charge >= 0.3 is 0 Å². The molecule has 0 radical (unpaired) electrons. The van der Waals surface area contributed by atoms with Crippen LogP contribution in [0.2, 0.25) is 0 Å². The molecule has 0 saturated heterocycles. The zero-order valence-corrected chi connectivity index (χ0v) is 8.99. The maximum atomic E-state index is 12.8. The highest BCUT2D eigenvalue weighted by Gasteiger charge is 2.05. The first kappa shape index (κ1) is 9.13. The molecule has 0 bridgehead atoms. The first-order chi connectivity index (χ1) is 5.11. The van der Waals surface area contributed by atoms with E-state index < -0.39 is 0 Å². The van der Waals surface area contributed by atoms with Gasteiger partial charge < -0.3 is 0 Å². The maximum Gasteiger partial charge on any atom is 0.144 e. The Balaban J connectivity index is 3.05. The van der Waals surface area contributed by atoms with E-state index in [4.69, 9.17) is 0 Å². The standard InChI is InChI=1S/C7H6Br2FN/c1-4-6(10)2-5(3-11-4)7(8)9/h2-3,7H,1H3. The van der Waals surface area contributed by atoms with Crippen molar-refractivity contribution in [3.05, 3.63) is 29.3 Å². The van der Waals surface area contributed by atoms with Crippen LogP contribution in [0, 0.1) is 12.7 Å². The number of hydrogen-bond donors (Lipinski definition) is 0. The van der Waals surface area contributed by atoms with Crippen LogP contribution in [-0.2, 0) is 0 Å². The molecule has 0 aliphatic heterocycles. The number of aryl methyl sites for hydroxylation is 1. The molecule has 0 aliphatic carbocycles.